The average Bonchev–Trinajstić information content (AvgIpc) is 2.91. The van der Waals surface area contributed by atoms with Gasteiger partial charge in [0.05, 0.1) is 5.69 Å². The van der Waals surface area contributed by atoms with Gasteiger partial charge in [0.1, 0.15) is 5.82 Å². The normalized spacial score (nSPS) is 11.3. The molecule has 1 aromatic heterocycles. The van der Waals surface area contributed by atoms with Crippen LogP contribution in [-0.2, 0) is 6.42 Å². The van der Waals surface area contributed by atoms with Crippen molar-refractivity contribution in [2.75, 3.05) is 6.54 Å². The van der Waals surface area contributed by atoms with Crippen molar-refractivity contribution in [2.24, 2.45) is 5.73 Å². The molecule has 1 heterocycles. The van der Waals surface area contributed by atoms with Crippen LogP contribution in [0.15, 0.2) is 36.4 Å². The van der Waals surface area contributed by atoms with Crippen LogP contribution in [-0.4, -0.2) is 11.5 Å². The van der Waals surface area contributed by atoms with Crippen LogP contribution in [0.3, 0.4) is 0 Å². The van der Waals surface area contributed by atoms with Crippen molar-refractivity contribution in [2.45, 2.75) is 33.1 Å². The Kier molecular flexibility index (Phi) is 4.49. The SMILES string of the molecule is Cc1ccc2c(CCCCN)c(-c3ccccc3F)[nH]c2c1C. The molecule has 120 valence electrons. The Bertz CT molecular complexity index is 833. The lowest BCUT2D eigenvalue weighted by molar-refractivity contribution is 0.630. The molecule has 3 rings (SSSR count). The Balaban J connectivity index is 2.21. The van der Waals surface area contributed by atoms with Gasteiger partial charge in [0.2, 0.25) is 0 Å². The van der Waals surface area contributed by atoms with E-state index in [9.17, 15) is 4.39 Å². The lowest BCUT2D eigenvalue weighted by atomic mass is 9.98. The van der Waals surface area contributed by atoms with Gasteiger partial charge in [-0.15, -0.1) is 0 Å². The zero-order chi connectivity index (χ0) is 16.4. The lowest BCUT2D eigenvalue weighted by Gasteiger charge is -2.06. The number of aryl methyl sites for hydroxylation is 3. The zero-order valence-corrected chi connectivity index (χ0v) is 13.7. The van der Waals surface area contributed by atoms with Crippen LogP contribution in [0.1, 0.15) is 29.5 Å². The Morgan fingerprint density at radius 3 is 2.57 bits per heavy atom. The van der Waals surface area contributed by atoms with Crippen LogP contribution in [0.2, 0.25) is 0 Å². The second-order valence-corrected chi connectivity index (χ2v) is 6.13. The van der Waals surface area contributed by atoms with Crippen molar-refractivity contribution in [1.82, 2.24) is 4.98 Å². The number of halogens is 1. The van der Waals surface area contributed by atoms with E-state index in [1.807, 2.05) is 12.1 Å². The molecule has 0 aliphatic rings. The van der Waals surface area contributed by atoms with Crippen molar-refractivity contribution in [3.8, 4) is 11.3 Å². The minimum Gasteiger partial charge on any atom is -0.354 e. The summed E-state index contributed by atoms with van der Waals surface area (Å²) < 4.78 is 14.3. The molecule has 0 radical (unpaired) electrons. The molecule has 0 amide bonds. The fourth-order valence-electron chi connectivity index (χ4n) is 3.16. The van der Waals surface area contributed by atoms with Gasteiger partial charge >= 0.3 is 0 Å². The topological polar surface area (TPSA) is 41.8 Å². The summed E-state index contributed by atoms with van der Waals surface area (Å²) in [5.74, 6) is -0.187. The van der Waals surface area contributed by atoms with Crippen molar-refractivity contribution >= 4 is 10.9 Å². The molecule has 0 atom stereocenters. The molecule has 3 heteroatoms. The number of benzene rings is 2. The van der Waals surface area contributed by atoms with Gasteiger partial charge < -0.3 is 10.7 Å². The van der Waals surface area contributed by atoms with Gasteiger partial charge in [0.15, 0.2) is 0 Å². The first-order valence-electron chi connectivity index (χ1n) is 8.19. The molecule has 0 aliphatic heterocycles. The van der Waals surface area contributed by atoms with E-state index in [2.05, 4.69) is 31.0 Å². The number of unbranched alkanes of at least 4 members (excludes halogenated alkanes) is 1. The predicted molar refractivity (Wildman–Crippen MR) is 95.2 cm³/mol. The number of aromatic amines is 1. The van der Waals surface area contributed by atoms with Crippen molar-refractivity contribution < 1.29 is 4.39 Å². The maximum atomic E-state index is 14.3. The summed E-state index contributed by atoms with van der Waals surface area (Å²) in [5.41, 5.74) is 12.0. The van der Waals surface area contributed by atoms with Crippen LogP contribution >= 0.6 is 0 Å². The molecular weight excluding hydrogens is 287 g/mol. The van der Waals surface area contributed by atoms with Crippen molar-refractivity contribution in [3.05, 3.63) is 58.9 Å². The number of nitrogens with one attached hydrogen (secondary N) is 1. The standard InChI is InChI=1S/C20H23FN2/c1-13-10-11-16-15(7-5-6-12-22)20(23-19(16)14(13)2)17-8-3-4-9-18(17)21/h3-4,8-11,23H,5-7,12,22H2,1-2H3. The first-order chi connectivity index (χ1) is 11.1. The monoisotopic (exact) mass is 310 g/mol. The van der Waals surface area contributed by atoms with E-state index < -0.39 is 0 Å². The Morgan fingerprint density at radius 1 is 1.04 bits per heavy atom. The van der Waals surface area contributed by atoms with Gasteiger partial charge in [-0.2, -0.15) is 0 Å². The van der Waals surface area contributed by atoms with E-state index in [1.165, 1.54) is 28.1 Å². The van der Waals surface area contributed by atoms with Gasteiger partial charge in [-0.05, 0) is 68.5 Å². The third-order valence-electron chi connectivity index (χ3n) is 4.64. The van der Waals surface area contributed by atoms with Crippen LogP contribution in [0.4, 0.5) is 4.39 Å². The summed E-state index contributed by atoms with van der Waals surface area (Å²) in [6.07, 6.45) is 2.90. The van der Waals surface area contributed by atoms with E-state index in [-0.39, 0.29) is 5.82 Å². The highest BCUT2D eigenvalue weighted by Crippen LogP contribution is 2.35. The highest BCUT2D eigenvalue weighted by molar-refractivity contribution is 5.93. The van der Waals surface area contributed by atoms with Crippen LogP contribution in [0.25, 0.3) is 22.2 Å². The molecule has 2 aromatic carbocycles. The van der Waals surface area contributed by atoms with Gasteiger partial charge in [-0.25, -0.2) is 4.39 Å². The van der Waals surface area contributed by atoms with Gasteiger partial charge in [-0.1, -0.05) is 24.3 Å². The van der Waals surface area contributed by atoms with Gasteiger partial charge in [-0.3, -0.25) is 0 Å². The third kappa shape index (κ3) is 2.89. The molecule has 0 unspecified atom stereocenters. The third-order valence-corrected chi connectivity index (χ3v) is 4.64. The number of H-pyrrole nitrogens is 1. The zero-order valence-electron chi connectivity index (χ0n) is 13.7. The number of fused-ring (bicyclic) bond motifs is 1. The highest BCUT2D eigenvalue weighted by atomic mass is 19.1. The van der Waals surface area contributed by atoms with E-state index in [0.29, 0.717) is 12.1 Å². The van der Waals surface area contributed by atoms with Crippen LogP contribution in [0, 0.1) is 19.7 Å². The van der Waals surface area contributed by atoms with Crippen molar-refractivity contribution in [1.29, 1.82) is 0 Å². The molecular formula is C20H23FN2. The molecule has 3 N–H and O–H groups in total. The fraction of sp³-hybridized carbons (Fsp3) is 0.300. The second kappa shape index (κ2) is 6.55. The maximum Gasteiger partial charge on any atom is 0.132 e. The Morgan fingerprint density at radius 2 is 1.83 bits per heavy atom. The molecule has 0 saturated heterocycles. The minimum absolute atomic E-state index is 0.187. The molecule has 0 bridgehead atoms. The maximum absolute atomic E-state index is 14.3. The molecule has 0 saturated carbocycles. The number of hydrogen-bond acceptors (Lipinski definition) is 1. The van der Waals surface area contributed by atoms with Crippen LogP contribution in [0.5, 0.6) is 0 Å². The summed E-state index contributed by atoms with van der Waals surface area (Å²) in [7, 11) is 0. The number of hydrogen-bond donors (Lipinski definition) is 2. The molecule has 23 heavy (non-hydrogen) atoms. The molecule has 2 nitrogen and oxygen atoms in total. The number of aromatic nitrogens is 1. The lowest BCUT2D eigenvalue weighted by Crippen LogP contribution is -1.99. The highest BCUT2D eigenvalue weighted by Gasteiger charge is 2.17. The summed E-state index contributed by atoms with van der Waals surface area (Å²) in [6.45, 7) is 4.91. The Hall–Kier alpha value is -2.13. The average molecular weight is 310 g/mol. The summed E-state index contributed by atoms with van der Waals surface area (Å²) in [4.78, 5) is 3.49. The molecule has 3 aromatic rings. The second-order valence-electron chi connectivity index (χ2n) is 6.13. The largest absolute Gasteiger partial charge is 0.354 e. The van der Waals surface area contributed by atoms with Gasteiger partial charge in [0, 0.05) is 16.5 Å². The Labute approximate surface area is 136 Å². The number of rotatable bonds is 5. The molecule has 0 aliphatic carbocycles. The van der Waals surface area contributed by atoms with Crippen LogP contribution < -0.4 is 5.73 Å². The van der Waals surface area contributed by atoms with Gasteiger partial charge in [0.25, 0.3) is 0 Å². The minimum atomic E-state index is -0.187. The summed E-state index contributed by atoms with van der Waals surface area (Å²) in [6, 6.07) is 11.3. The van der Waals surface area contributed by atoms with E-state index >= 15 is 0 Å². The van der Waals surface area contributed by atoms with E-state index in [1.54, 1.807) is 6.07 Å². The fourth-order valence-corrected chi connectivity index (χ4v) is 3.16. The first kappa shape index (κ1) is 15.8. The summed E-state index contributed by atoms with van der Waals surface area (Å²) in [5, 5.41) is 1.20. The molecule has 0 spiro atoms. The first-order valence-corrected chi connectivity index (χ1v) is 8.19. The smallest absolute Gasteiger partial charge is 0.132 e. The summed E-state index contributed by atoms with van der Waals surface area (Å²) >= 11 is 0. The van der Waals surface area contributed by atoms with E-state index in [4.69, 9.17) is 5.73 Å². The van der Waals surface area contributed by atoms with E-state index in [0.717, 1.165) is 30.5 Å². The number of nitrogens with two attached hydrogens (primary N) is 1. The molecule has 0 fully saturated rings. The predicted octanol–water partition coefficient (Wildman–Crippen LogP) is 4.87. The van der Waals surface area contributed by atoms with Crippen molar-refractivity contribution in [3.63, 3.8) is 0 Å². The quantitative estimate of drug-likeness (QED) is 0.648.